The Morgan fingerprint density at radius 1 is 0.644 bits per heavy atom. The van der Waals surface area contributed by atoms with E-state index >= 15 is 0 Å². The minimum atomic E-state index is -0.964. The quantitative estimate of drug-likeness (QED) is 0.0545. The molecule has 0 atom stereocenters. The highest BCUT2D eigenvalue weighted by atomic mass is 35.5. The lowest BCUT2D eigenvalue weighted by molar-refractivity contribution is 0.0602. The molecule has 4 heterocycles. The van der Waals surface area contributed by atoms with Crippen LogP contribution in [0.25, 0.3) is 44.1 Å². The molecule has 2 aromatic heterocycles. The zero-order valence-electron chi connectivity index (χ0n) is 33.1. The Kier molecular flexibility index (Phi) is 14.4. The molecule has 2 aliphatic rings. The summed E-state index contributed by atoms with van der Waals surface area (Å²) in [5, 5.41) is 18.7. The van der Waals surface area contributed by atoms with Crippen molar-refractivity contribution in [3.05, 3.63) is 106 Å². The zero-order chi connectivity index (χ0) is 41.1. The molecule has 2 saturated heterocycles. The summed E-state index contributed by atoms with van der Waals surface area (Å²) in [5.41, 5.74) is 5.78. The van der Waals surface area contributed by atoms with Gasteiger partial charge in [0.15, 0.2) is 0 Å². The van der Waals surface area contributed by atoms with Crippen molar-refractivity contribution in [3.8, 4) is 33.8 Å². The SMILES string of the molecule is COC(=O)c1c[nH]c2cc(Cl)c(-c3ccc(OCCCN4CCNCC4)cc3)cc12.O=C(O)c1c[nH]c2cc(Cl)c(-c3ccc(OCCCN4CCNCC4)cc3)cc12. The largest absolute Gasteiger partial charge is 0.494 e. The lowest BCUT2D eigenvalue weighted by Gasteiger charge is -2.26. The molecule has 14 heteroatoms. The Hall–Kier alpha value is -5.08. The minimum Gasteiger partial charge on any atom is -0.494 e. The van der Waals surface area contributed by atoms with Crippen molar-refractivity contribution in [2.45, 2.75) is 12.8 Å². The number of benzene rings is 4. The molecule has 2 aliphatic heterocycles. The maximum atomic E-state index is 12.0. The number of carbonyl (C=O) groups is 2. The third kappa shape index (κ3) is 10.8. The first-order chi connectivity index (χ1) is 28.8. The molecule has 6 aromatic rings. The summed E-state index contributed by atoms with van der Waals surface area (Å²) in [6.07, 6.45) is 5.14. The van der Waals surface area contributed by atoms with Crippen LogP contribution in [0.4, 0.5) is 0 Å². The third-order valence-corrected chi connectivity index (χ3v) is 11.3. The molecule has 4 aromatic carbocycles. The highest BCUT2D eigenvalue weighted by Gasteiger charge is 2.17. The van der Waals surface area contributed by atoms with E-state index in [0.717, 1.165) is 123 Å². The Labute approximate surface area is 353 Å². The van der Waals surface area contributed by atoms with Crippen molar-refractivity contribution >= 4 is 56.9 Å². The van der Waals surface area contributed by atoms with Gasteiger partial charge in [-0.1, -0.05) is 47.5 Å². The summed E-state index contributed by atoms with van der Waals surface area (Å²) in [6, 6.07) is 23.0. The number of aromatic amines is 2. The number of methoxy groups -OCH3 is 1. The normalized spacial score (nSPS) is 14.8. The monoisotopic (exact) mass is 840 g/mol. The van der Waals surface area contributed by atoms with E-state index in [1.807, 2.05) is 66.7 Å². The molecule has 2 fully saturated rings. The molecule has 0 amide bonds. The van der Waals surface area contributed by atoms with Crippen molar-refractivity contribution < 1.29 is 28.9 Å². The average molecular weight is 842 g/mol. The molecule has 310 valence electrons. The second-order valence-electron chi connectivity index (χ2n) is 14.6. The van der Waals surface area contributed by atoms with E-state index in [0.29, 0.717) is 39.7 Å². The topological polar surface area (TPSA) is 144 Å². The number of nitrogens with one attached hydrogen (secondary N) is 4. The summed E-state index contributed by atoms with van der Waals surface area (Å²) in [7, 11) is 1.38. The fraction of sp³-hybridized carbons (Fsp3) is 0.333. The van der Waals surface area contributed by atoms with E-state index in [2.05, 4.69) is 30.4 Å². The van der Waals surface area contributed by atoms with Gasteiger partial charge in [-0.3, -0.25) is 0 Å². The van der Waals surface area contributed by atoms with Crippen molar-refractivity contribution in [2.75, 3.05) is 85.8 Å². The van der Waals surface area contributed by atoms with Gasteiger partial charge in [-0.05, 0) is 72.5 Å². The van der Waals surface area contributed by atoms with Gasteiger partial charge in [0.05, 0.1) is 41.5 Å². The average Bonchev–Trinajstić information content (AvgIpc) is 3.88. The first-order valence-electron chi connectivity index (χ1n) is 20.0. The van der Waals surface area contributed by atoms with Gasteiger partial charge in [0.25, 0.3) is 0 Å². The molecular formula is C45H50Cl2N6O6. The molecule has 0 unspecified atom stereocenters. The number of carboxylic acid groups (broad SMARTS) is 1. The van der Waals surface area contributed by atoms with Gasteiger partial charge in [0, 0.05) is 111 Å². The van der Waals surface area contributed by atoms with Crippen LogP contribution in [0.1, 0.15) is 33.6 Å². The molecule has 59 heavy (non-hydrogen) atoms. The molecular weight excluding hydrogens is 791 g/mol. The predicted molar refractivity (Wildman–Crippen MR) is 235 cm³/mol. The molecule has 5 N–H and O–H groups in total. The second-order valence-corrected chi connectivity index (χ2v) is 15.4. The zero-order valence-corrected chi connectivity index (χ0v) is 34.6. The Balaban J connectivity index is 0.000000179. The van der Waals surface area contributed by atoms with Gasteiger partial charge >= 0.3 is 11.9 Å². The maximum absolute atomic E-state index is 12.0. The number of halogens is 2. The summed E-state index contributed by atoms with van der Waals surface area (Å²) < 4.78 is 16.6. The number of ether oxygens (including phenoxy) is 3. The van der Waals surface area contributed by atoms with Crippen molar-refractivity contribution in [2.24, 2.45) is 0 Å². The van der Waals surface area contributed by atoms with Crippen LogP contribution in [0, 0.1) is 0 Å². The van der Waals surface area contributed by atoms with Gasteiger partial charge in [-0.15, -0.1) is 0 Å². The van der Waals surface area contributed by atoms with Crippen LogP contribution < -0.4 is 20.1 Å². The van der Waals surface area contributed by atoms with Gasteiger partial charge in [0.2, 0.25) is 0 Å². The Bertz CT molecular complexity index is 2330. The third-order valence-electron chi connectivity index (χ3n) is 10.7. The van der Waals surface area contributed by atoms with E-state index in [9.17, 15) is 14.7 Å². The lowest BCUT2D eigenvalue weighted by atomic mass is 10.0. The van der Waals surface area contributed by atoms with E-state index in [-0.39, 0.29) is 11.5 Å². The van der Waals surface area contributed by atoms with Crippen LogP contribution in [0.3, 0.4) is 0 Å². The maximum Gasteiger partial charge on any atom is 0.340 e. The highest BCUT2D eigenvalue weighted by molar-refractivity contribution is 6.35. The smallest absolute Gasteiger partial charge is 0.340 e. The van der Waals surface area contributed by atoms with Crippen LogP contribution in [-0.4, -0.2) is 123 Å². The van der Waals surface area contributed by atoms with E-state index in [1.54, 1.807) is 12.3 Å². The number of aromatic nitrogens is 2. The first kappa shape index (κ1) is 42.1. The number of aromatic carboxylic acids is 1. The van der Waals surface area contributed by atoms with Crippen molar-refractivity contribution in [1.29, 1.82) is 0 Å². The van der Waals surface area contributed by atoms with Crippen molar-refractivity contribution in [1.82, 2.24) is 30.4 Å². The summed E-state index contributed by atoms with van der Waals surface area (Å²) in [4.78, 5) is 34.3. The fourth-order valence-electron chi connectivity index (χ4n) is 7.47. The van der Waals surface area contributed by atoms with Gasteiger partial charge in [-0.25, -0.2) is 9.59 Å². The number of carboxylic acids is 1. The standard InChI is InChI=1S/C23H26ClN3O3.C22H24ClN3O3/c1-29-23(28)20-15-26-22-14-21(24)18(13-19(20)22)16-3-5-17(6-4-16)30-12-2-9-27-10-7-25-8-11-27;23-20-13-21-18(19(14-25-21)22(27)28)12-17(20)15-2-4-16(5-3-15)29-11-1-8-26-9-6-24-7-10-26/h3-6,13-15,25-26H,2,7-12H2,1H3;2-5,12-14,24-25H,1,6-11H2,(H,27,28). The number of fused-ring (bicyclic) bond motifs is 2. The van der Waals surface area contributed by atoms with E-state index in [4.69, 9.17) is 37.4 Å². The second kappa shape index (κ2) is 20.3. The number of piperazine rings is 2. The number of H-pyrrole nitrogens is 2. The summed E-state index contributed by atoms with van der Waals surface area (Å²) >= 11 is 12.9. The first-order valence-corrected chi connectivity index (χ1v) is 20.8. The molecule has 0 bridgehead atoms. The van der Waals surface area contributed by atoms with Gasteiger partial charge in [0.1, 0.15) is 11.5 Å². The summed E-state index contributed by atoms with van der Waals surface area (Å²) in [6.45, 7) is 12.2. The van der Waals surface area contributed by atoms with Crippen LogP contribution >= 0.6 is 23.2 Å². The molecule has 0 radical (unpaired) electrons. The van der Waals surface area contributed by atoms with E-state index < -0.39 is 5.97 Å². The fourth-order valence-corrected chi connectivity index (χ4v) is 8.02. The van der Waals surface area contributed by atoms with Crippen LogP contribution in [0.2, 0.25) is 10.0 Å². The van der Waals surface area contributed by atoms with Crippen molar-refractivity contribution in [3.63, 3.8) is 0 Å². The van der Waals surface area contributed by atoms with Gasteiger partial charge in [-0.2, -0.15) is 0 Å². The molecule has 12 nitrogen and oxygen atoms in total. The number of esters is 1. The minimum absolute atomic E-state index is 0.238. The lowest BCUT2D eigenvalue weighted by Crippen LogP contribution is -2.43. The summed E-state index contributed by atoms with van der Waals surface area (Å²) in [5.74, 6) is 0.320. The predicted octanol–water partition coefficient (Wildman–Crippen LogP) is 7.81. The van der Waals surface area contributed by atoms with Crippen LogP contribution in [0.5, 0.6) is 11.5 Å². The molecule has 0 aliphatic carbocycles. The number of carbonyl (C=O) groups excluding carboxylic acids is 1. The Morgan fingerprint density at radius 3 is 1.49 bits per heavy atom. The Morgan fingerprint density at radius 2 is 1.07 bits per heavy atom. The molecule has 0 spiro atoms. The molecule has 8 rings (SSSR count). The highest BCUT2D eigenvalue weighted by Crippen LogP contribution is 2.36. The number of hydrogen-bond donors (Lipinski definition) is 5. The van der Waals surface area contributed by atoms with Crippen LogP contribution in [-0.2, 0) is 4.74 Å². The molecule has 0 saturated carbocycles. The van der Waals surface area contributed by atoms with Gasteiger partial charge < -0.3 is 49.7 Å². The van der Waals surface area contributed by atoms with E-state index in [1.165, 1.54) is 13.3 Å². The number of nitrogens with zero attached hydrogens (tertiary/aromatic N) is 2. The van der Waals surface area contributed by atoms with Crippen LogP contribution in [0.15, 0.2) is 85.2 Å². The number of rotatable bonds is 14. The number of hydrogen-bond acceptors (Lipinski definition) is 9.